The van der Waals surface area contributed by atoms with Crippen LogP contribution in [0.15, 0.2) is 29.6 Å². The van der Waals surface area contributed by atoms with Gasteiger partial charge < -0.3 is 10.4 Å². The van der Waals surface area contributed by atoms with Crippen LogP contribution in [0.4, 0.5) is 0 Å². The Morgan fingerprint density at radius 3 is 3.00 bits per heavy atom. The normalized spacial score (nSPS) is 10.4. The highest BCUT2D eigenvalue weighted by molar-refractivity contribution is 7.09. The molecule has 1 heterocycles. The van der Waals surface area contributed by atoms with Gasteiger partial charge in [0.1, 0.15) is 5.75 Å². The van der Waals surface area contributed by atoms with E-state index in [0.717, 1.165) is 23.5 Å². The summed E-state index contributed by atoms with van der Waals surface area (Å²) in [5.74, 6) is -0.0582. The van der Waals surface area contributed by atoms with Gasteiger partial charge in [0.25, 0.3) is 5.91 Å². The number of nitrogens with zero attached hydrogens (tertiary/aromatic N) is 1. The van der Waals surface area contributed by atoms with Crippen molar-refractivity contribution in [2.45, 2.75) is 19.8 Å². The Kier molecular flexibility index (Phi) is 4.52. The summed E-state index contributed by atoms with van der Waals surface area (Å²) < 4.78 is 0. The van der Waals surface area contributed by atoms with E-state index in [0.29, 0.717) is 12.1 Å². The highest BCUT2D eigenvalue weighted by atomic mass is 32.1. The third kappa shape index (κ3) is 4.06. The summed E-state index contributed by atoms with van der Waals surface area (Å²) in [6.45, 7) is 2.58. The van der Waals surface area contributed by atoms with Crippen molar-refractivity contribution in [3.63, 3.8) is 0 Å². The minimum atomic E-state index is -0.161. The van der Waals surface area contributed by atoms with Gasteiger partial charge in [-0.25, -0.2) is 4.98 Å². The topological polar surface area (TPSA) is 62.2 Å². The lowest BCUT2D eigenvalue weighted by molar-refractivity contribution is 0.0953. The first-order chi connectivity index (χ1) is 9.15. The molecule has 2 N–H and O–H groups in total. The van der Waals surface area contributed by atoms with Crippen molar-refractivity contribution in [1.82, 2.24) is 10.3 Å². The molecule has 0 saturated heterocycles. The molecule has 0 atom stereocenters. The van der Waals surface area contributed by atoms with Crippen LogP contribution < -0.4 is 5.32 Å². The molecule has 1 aromatic carbocycles. The Labute approximate surface area is 116 Å². The molecule has 0 unspecified atom stereocenters. The van der Waals surface area contributed by atoms with Crippen molar-refractivity contribution in [3.8, 4) is 5.75 Å². The number of phenolic OH excluding ortho intramolecular Hbond substituents is 1. The quantitative estimate of drug-likeness (QED) is 0.825. The number of hydrogen-bond acceptors (Lipinski definition) is 4. The molecule has 19 heavy (non-hydrogen) atoms. The maximum absolute atomic E-state index is 11.8. The number of thiazole rings is 1. The molecule has 0 saturated carbocycles. The molecular formula is C14H16N2O2S. The van der Waals surface area contributed by atoms with Crippen LogP contribution in [0.2, 0.25) is 0 Å². The van der Waals surface area contributed by atoms with Crippen LogP contribution in [0.3, 0.4) is 0 Å². The Morgan fingerprint density at radius 2 is 2.32 bits per heavy atom. The molecule has 2 rings (SSSR count). The monoisotopic (exact) mass is 276 g/mol. The molecule has 0 bridgehead atoms. The number of rotatable bonds is 5. The zero-order valence-electron chi connectivity index (χ0n) is 10.7. The molecule has 1 aromatic heterocycles. The molecule has 0 aliphatic heterocycles. The molecule has 0 aliphatic rings. The predicted molar refractivity (Wildman–Crippen MR) is 75.6 cm³/mol. The lowest BCUT2D eigenvalue weighted by atomic mass is 10.2. The number of nitrogens with one attached hydrogen (secondary N) is 1. The van der Waals surface area contributed by atoms with Crippen LogP contribution in [0.1, 0.15) is 27.5 Å². The zero-order valence-corrected chi connectivity index (χ0v) is 11.5. The summed E-state index contributed by atoms with van der Waals surface area (Å²) in [6.07, 6.45) is 1.73. The van der Waals surface area contributed by atoms with Gasteiger partial charge in [0, 0.05) is 29.6 Å². The van der Waals surface area contributed by atoms with Gasteiger partial charge in [-0.15, -0.1) is 11.3 Å². The van der Waals surface area contributed by atoms with E-state index in [9.17, 15) is 9.90 Å². The van der Waals surface area contributed by atoms with Gasteiger partial charge in [-0.3, -0.25) is 4.79 Å². The number of phenols is 1. The molecule has 5 heteroatoms. The van der Waals surface area contributed by atoms with Gasteiger partial charge in [0.15, 0.2) is 0 Å². The molecule has 0 spiro atoms. The van der Waals surface area contributed by atoms with Crippen LogP contribution in [0.25, 0.3) is 0 Å². The predicted octanol–water partition coefficient (Wildman–Crippen LogP) is 2.52. The van der Waals surface area contributed by atoms with Gasteiger partial charge >= 0.3 is 0 Å². The molecule has 0 fully saturated rings. The molecule has 2 aromatic rings. The second-order valence-electron chi connectivity index (χ2n) is 4.29. The van der Waals surface area contributed by atoms with Crippen LogP contribution in [-0.4, -0.2) is 22.5 Å². The standard InChI is InChI=1S/C14H16N2O2S/c1-10-9-19-13(16-10)6-3-7-15-14(18)11-4-2-5-12(17)8-11/h2,4-5,8-9,17H,3,6-7H2,1H3,(H,15,18). The Balaban J connectivity index is 1.75. The first kappa shape index (κ1) is 13.5. The van der Waals surface area contributed by atoms with E-state index in [2.05, 4.69) is 10.3 Å². The number of carbonyl (C=O) groups is 1. The van der Waals surface area contributed by atoms with E-state index in [1.165, 1.54) is 6.07 Å². The van der Waals surface area contributed by atoms with Gasteiger partial charge in [0.05, 0.1) is 5.01 Å². The minimum absolute atomic E-state index is 0.103. The number of aromatic hydroxyl groups is 1. The first-order valence-electron chi connectivity index (χ1n) is 6.13. The van der Waals surface area contributed by atoms with Gasteiger partial charge in [-0.05, 0) is 31.5 Å². The first-order valence-corrected chi connectivity index (χ1v) is 7.01. The van der Waals surface area contributed by atoms with Crippen molar-refractivity contribution < 1.29 is 9.90 Å². The second-order valence-corrected chi connectivity index (χ2v) is 5.24. The highest BCUT2D eigenvalue weighted by Crippen LogP contribution is 2.11. The fourth-order valence-electron chi connectivity index (χ4n) is 1.71. The number of amides is 1. The average Bonchev–Trinajstić information content (AvgIpc) is 2.80. The Morgan fingerprint density at radius 1 is 1.47 bits per heavy atom. The summed E-state index contributed by atoms with van der Waals surface area (Å²) >= 11 is 1.65. The lowest BCUT2D eigenvalue weighted by Crippen LogP contribution is -2.24. The van der Waals surface area contributed by atoms with Crippen LogP contribution in [-0.2, 0) is 6.42 Å². The molecule has 100 valence electrons. The molecule has 1 amide bonds. The summed E-state index contributed by atoms with van der Waals surface area (Å²) in [4.78, 5) is 16.1. The number of hydrogen-bond donors (Lipinski definition) is 2. The fraction of sp³-hybridized carbons (Fsp3) is 0.286. The summed E-state index contributed by atoms with van der Waals surface area (Å²) in [5.41, 5.74) is 1.52. The third-order valence-electron chi connectivity index (χ3n) is 2.63. The summed E-state index contributed by atoms with van der Waals surface area (Å²) in [5, 5.41) is 15.3. The summed E-state index contributed by atoms with van der Waals surface area (Å²) in [7, 11) is 0. The van der Waals surface area contributed by atoms with Gasteiger partial charge in [-0.1, -0.05) is 6.07 Å². The zero-order chi connectivity index (χ0) is 13.7. The van der Waals surface area contributed by atoms with E-state index in [1.807, 2.05) is 12.3 Å². The molecular weight excluding hydrogens is 260 g/mol. The summed E-state index contributed by atoms with van der Waals surface area (Å²) in [6, 6.07) is 6.34. The van der Waals surface area contributed by atoms with Crippen LogP contribution in [0.5, 0.6) is 5.75 Å². The minimum Gasteiger partial charge on any atom is -0.508 e. The van der Waals surface area contributed by atoms with Crippen molar-refractivity contribution in [2.75, 3.05) is 6.54 Å². The molecule has 4 nitrogen and oxygen atoms in total. The fourth-order valence-corrected chi connectivity index (χ4v) is 2.53. The van der Waals surface area contributed by atoms with E-state index in [-0.39, 0.29) is 11.7 Å². The van der Waals surface area contributed by atoms with E-state index in [4.69, 9.17) is 0 Å². The van der Waals surface area contributed by atoms with E-state index >= 15 is 0 Å². The van der Waals surface area contributed by atoms with Crippen LogP contribution in [0, 0.1) is 6.92 Å². The van der Waals surface area contributed by atoms with Crippen molar-refractivity contribution in [1.29, 1.82) is 0 Å². The van der Waals surface area contributed by atoms with E-state index < -0.39 is 0 Å². The largest absolute Gasteiger partial charge is 0.508 e. The Hall–Kier alpha value is -1.88. The SMILES string of the molecule is Cc1csc(CCCNC(=O)c2cccc(O)c2)n1. The smallest absolute Gasteiger partial charge is 0.251 e. The van der Waals surface area contributed by atoms with E-state index in [1.54, 1.807) is 29.5 Å². The molecule has 0 radical (unpaired) electrons. The number of aryl methyl sites for hydroxylation is 2. The second kappa shape index (κ2) is 6.33. The van der Waals surface area contributed by atoms with Crippen LogP contribution >= 0.6 is 11.3 Å². The average molecular weight is 276 g/mol. The number of benzene rings is 1. The number of carbonyl (C=O) groups excluding carboxylic acids is 1. The highest BCUT2D eigenvalue weighted by Gasteiger charge is 2.05. The lowest BCUT2D eigenvalue weighted by Gasteiger charge is -2.04. The van der Waals surface area contributed by atoms with Crippen molar-refractivity contribution in [3.05, 3.63) is 45.9 Å². The third-order valence-corrected chi connectivity index (χ3v) is 3.65. The maximum atomic E-state index is 11.8. The Bertz CT molecular complexity index is 566. The van der Waals surface area contributed by atoms with Gasteiger partial charge in [0.2, 0.25) is 0 Å². The van der Waals surface area contributed by atoms with Gasteiger partial charge in [-0.2, -0.15) is 0 Å². The van der Waals surface area contributed by atoms with Crippen molar-refractivity contribution in [2.24, 2.45) is 0 Å². The maximum Gasteiger partial charge on any atom is 0.251 e. The van der Waals surface area contributed by atoms with Crippen molar-refractivity contribution >= 4 is 17.2 Å². The molecule has 0 aliphatic carbocycles. The number of aromatic nitrogens is 1.